The average molecular weight is 207 g/mol. The van der Waals surface area contributed by atoms with E-state index in [1.165, 1.54) is 0 Å². The van der Waals surface area contributed by atoms with Crippen LogP contribution in [0.25, 0.3) is 10.9 Å². The molecule has 0 spiro atoms. The second-order valence-corrected chi connectivity index (χ2v) is 3.85. The normalized spacial score (nSPS) is 10.8. The van der Waals surface area contributed by atoms with E-state index in [4.69, 9.17) is 17.3 Å². The van der Waals surface area contributed by atoms with Crippen LogP contribution in [0.5, 0.6) is 0 Å². The summed E-state index contributed by atoms with van der Waals surface area (Å²) in [7, 11) is 0. The highest BCUT2D eigenvalue weighted by Crippen LogP contribution is 2.29. The maximum atomic E-state index is 6.05. The Morgan fingerprint density at radius 1 is 1.29 bits per heavy atom. The molecule has 0 bridgehead atoms. The molecule has 2 N–H and O–H groups in total. The van der Waals surface area contributed by atoms with Crippen molar-refractivity contribution >= 4 is 28.2 Å². The fourth-order valence-electron chi connectivity index (χ4n) is 1.70. The number of rotatable bonds is 0. The molecule has 0 aliphatic carbocycles. The van der Waals surface area contributed by atoms with Gasteiger partial charge in [-0.15, -0.1) is 0 Å². The Morgan fingerprint density at radius 2 is 2.00 bits per heavy atom. The highest BCUT2D eigenvalue weighted by atomic mass is 35.5. The third-order valence-corrected chi connectivity index (χ3v) is 2.57. The van der Waals surface area contributed by atoms with E-state index < -0.39 is 0 Å². The molecule has 0 aliphatic rings. The minimum Gasteiger partial charge on any atom is -0.398 e. The van der Waals surface area contributed by atoms with E-state index in [0.29, 0.717) is 5.02 Å². The predicted molar refractivity (Wildman–Crippen MR) is 60.6 cm³/mol. The molecule has 0 atom stereocenters. The van der Waals surface area contributed by atoms with E-state index in [2.05, 4.69) is 4.98 Å². The lowest BCUT2D eigenvalue weighted by Gasteiger charge is -2.07. The minimum atomic E-state index is 0.654. The fourth-order valence-corrected chi connectivity index (χ4v) is 1.90. The quantitative estimate of drug-likeness (QED) is 0.673. The van der Waals surface area contributed by atoms with Gasteiger partial charge in [-0.25, -0.2) is 0 Å². The van der Waals surface area contributed by atoms with E-state index in [0.717, 1.165) is 27.8 Å². The number of nitrogen functional groups attached to an aromatic ring is 1. The van der Waals surface area contributed by atoms with Crippen molar-refractivity contribution in [3.63, 3.8) is 0 Å². The van der Waals surface area contributed by atoms with Gasteiger partial charge in [-0.1, -0.05) is 11.6 Å². The van der Waals surface area contributed by atoms with Gasteiger partial charge in [0.1, 0.15) is 0 Å². The lowest BCUT2D eigenvalue weighted by Crippen LogP contribution is -1.93. The molecule has 1 aromatic heterocycles. The number of nitrogens with zero attached hydrogens (tertiary/aromatic N) is 1. The molecule has 72 valence electrons. The number of fused-ring (bicyclic) bond motifs is 1. The molecule has 0 fully saturated rings. The maximum absolute atomic E-state index is 6.05. The van der Waals surface area contributed by atoms with E-state index in [9.17, 15) is 0 Å². The zero-order chi connectivity index (χ0) is 10.3. The summed E-state index contributed by atoms with van der Waals surface area (Å²) in [6.45, 7) is 3.97. The summed E-state index contributed by atoms with van der Waals surface area (Å²) in [5.41, 5.74) is 9.48. The Balaban J connectivity index is 3.00. The van der Waals surface area contributed by atoms with Gasteiger partial charge in [0.2, 0.25) is 0 Å². The molecule has 0 amide bonds. The van der Waals surface area contributed by atoms with Crippen LogP contribution < -0.4 is 5.73 Å². The second-order valence-electron chi connectivity index (χ2n) is 3.44. The summed E-state index contributed by atoms with van der Waals surface area (Å²) in [5.74, 6) is 0. The number of anilines is 1. The van der Waals surface area contributed by atoms with Gasteiger partial charge < -0.3 is 5.73 Å². The third kappa shape index (κ3) is 1.32. The van der Waals surface area contributed by atoms with E-state index in [1.807, 2.05) is 26.0 Å². The zero-order valence-corrected chi connectivity index (χ0v) is 8.89. The molecule has 2 rings (SSSR count). The van der Waals surface area contributed by atoms with Crippen molar-refractivity contribution in [3.8, 4) is 0 Å². The number of hydrogen-bond donors (Lipinski definition) is 1. The van der Waals surface area contributed by atoms with Gasteiger partial charge >= 0.3 is 0 Å². The van der Waals surface area contributed by atoms with Gasteiger partial charge in [0.15, 0.2) is 0 Å². The standard InChI is InChI=1S/C11H11ClN2/c1-6-5-7(2)14-11-8(12)3-4-9(13)10(6)11/h3-5H,13H2,1-2H3. The SMILES string of the molecule is Cc1cc(C)c2c(N)ccc(Cl)c2n1. The Hall–Kier alpha value is -1.28. The number of benzene rings is 1. The largest absolute Gasteiger partial charge is 0.398 e. The zero-order valence-electron chi connectivity index (χ0n) is 8.13. The second kappa shape index (κ2) is 3.14. The van der Waals surface area contributed by atoms with Crippen LogP contribution in [0.4, 0.5) is 5.69 Å². The lowest BCUT2D eigenvalue weighted by molar-refractivity contribution is 1.23. The van der Waals surface area contributed by atoms with Crippen LogP contribution in [0, 0.1) is 13.8 Å². The molecule has 0 aliphatic heterocycles. The number of aryl methyl sites for hydroxylation is 2. The monoisotopic (exact) mass is 206 g/mol. The lowest BCUT2D eigenvalue weighted by atomic mass is 10.1. The number of aromatic nitrogens is 1. The van der Waals surface area contributed by atoms with Crippen LogP contribution in [0.1, 0.15) is 11.3 Å². The van der Waals surface area contributed by atoms with Crippen LogP contribution in [0.2, 0.25) is 5.02 Å². The van der Waals surface area contributed by atoms with Crippen LogP contribution >= 0.6 is 11.6 Å². The van der Waals surface area contributed by atoms with Crippen LogP contribution in [-0.4, -0.2) is 4.98 Å². The number of nitrogens with two attached hydrogens (primary N) is 1. The molecular weight excluding hydrogens is 196 g/mol. The maximum Gasteiger partial charge on any atom is 0.0914 e. The number of hydrogen-bond acceptors (Lipinski definition) is 2. The number of halogens is 1. The van der Waals surface area contributed by atoms with Gasteiger partial charge in [0.05, 0.1) is 10.5 Å². The van der Waals surface area contributed by atoms with E-state index in [1.54, 1.807) is 6.07 Å². The molecule has 3 heteroatoms. The minimum absolute atomic E-state index is 0.654. The topological polar surface area (TPSA) is 38.9 Å². The average Bonchev–Trinajstić information content (AvgIpc) is 2.10. The van der Waals surface area contributed by atoms with Crippen molar-refractivity contribution < 1.29 is 0 Å². The Kier molecular flexibility index (Phi) is 2.08. The van der Waals surface area contributed by atoms with Crippen LogP contribution in [0.15, 0.2) is 18.2 Å². The van der Waals surface area contributed by atoms with Gasteiger partial charge in [-0.3, -0.25) is 4.98 Å². The van der Waals surface area contributed by atoms with Gasteiger partial charge in [0, 0.05) is 16.8 Å². The van der Waals surface area contributed by atoms with Crippen molar-refractivity contribution in [3.05, 3.63) is 34.5 Å². The van der Waals surface area contributed by atoms with Gasteiger partial charge in [0.25, 0.3) is 0 Å². The van der Waals surface area contributed by atoms with E-state index in [-0.39, 0.29) is 0 Å². The van der Waals surface area contributed by atoms with Gasteiger partial charge in [-0.2, -0.15) is 0 Å². The summed E-state index contributed by atoms with van der Waals surface area (Å²) in [6, 6.07) is 5.61. The highest BCUT2D eigenvalue weighted by Gasteiger charge is 2.07. The molecule has 0 saturated heterocycles. The van der Waals surface area contributed by atoms with Crippen molar-refractivity contribution in [2.75, 3.05) is 5.73 Å². The molecule has 0 saturated carbocycles. The first-order valence-electron chi connectivity index (χ1n) is 4.41. The van der Waals surface area contributed by atoms with Crippen molar-refractivity contribution in [2.24, 2.45) is 0 Å². The van der Waals surface area contributed by atoms with Crippen molar-refractivity contribution in [2.45, 2.75) is 13.8 Å². The summed E-state index contributed by atoms with van der Waals surface area (Å²) >= 11 is 6.05. The third-order valence-electron chi connectivity index (χ3n) is 2.27. The molecule has 0 radical (unpaired) electrons. The summed E-state index contributed by atoms with van der Waals surface area (Å²) in [4.78, 5) is 4.38. The highest BCUT2D eigenvalue weighted by molar-refractivity contribution is 6.35. The van der Waals surface area contributed by atoms with Crippen molar-refractivity contribution in [1.29, 1.82) is 0 Å². The first-order valence-corrected chi connectivity index (χ1v) is 4.79. The Bertz CT molecular complexity index is 506. The summed E-state index contributed by atoms with van der Waals surface area (Å²) < 4.78 is 0. The molecule has 2 aromatic rings. The Labute approximate surface area is 87.7 Å². The first kappa shape index (κ1) is 9.28. The molecule has 14 heavy (non-hydrogen) atoms. The van der Waals surface area contributed by atoms with Gasteiger partial charge in [-0.05, 0) is 37.6 Å². The summed E-state index contributed by atoms with van der Waals surface area (Å²) in [5, 5.41) is 1.61. The molecule has 1 heterocycles. The first-order chi connectivity index (χ1) is 6.59. The van der Waals surface area contributed by atoms with E-state index >= 15 is 0 Å². The fraction of sp³-hybridized carbons (Fsp3) is 0.182. The predicted octanol–water partition coefficient (Wildman–Crippen LogP) is 3.09. The van der Waals surface area contributed by atoms with Crippen LogP contribution in [0.3, 0.4) is 0 Å². The van der Waals surface area contributed by atoms with Crippen molar-refractivity contribution in [1.82, 2.24) is 4.98 Å². The molecule has 2 nitrogen and oxygen atoms in total. The van der Waals surface area contributed by atoms with Crippen LogP contribution in [-0.2, 0) is 0 Å². The molecule has 1 aromatic carbocycles. The molecule has 0 unspecified atom stereocenters. The smallest absolute Gasteiger partial charge is 0.0914 e. The number of pyridine rings is 1. The summed E-state index contributed by atoms with van der Waals surface area (Å²) in [6.07, 6.45) is 0. The molecular formula is C11H11ClN2. The Morgan fingerprint density at radius 3 is 2.71 bits per heavy atom.